The molecular weight excluding hydrogens is 963 g/mol. The lowest BCUT2D eigenvalue weighted by Crippen LogP contribution is -2.86. The summed E-state index contributed by atoms with van der Waals surface area (Å²) in [6.45, 7) is 2.23. The average molecular weight is 1050 g/mol. The molecule has 2 aromatic rings. The van der Waals surface area contributed by atoms with Gasteiger partial charge in [0.1, 0.15) is 23.6 Å². The number of aliphatic hydroxyl groups is 6. The molecule has 10 nitrogen and oxygen atoms in total. The highest BCUT2D eigenvalue weighted by molar-refractivity contribution is 5.86. The molecule has 10 saturated carbocycles. The van der Waals surface area contributed by atoms with Crippen molar-refractivity contribution in [1.29, 1.82) is 0 Å². The second-order valence-corrected chi connectivity index (χ2v) is 28.7. The predicted molar refractivity (Wildman–Crippen MR) is 291 cm³/mol. The largest absolute Gasteiger partial charge is 0.454 e. The Balaban J connectivity index is 0.956. The summed E-state index contributed by atoms with van der Waals surface area (Å²) in [5, 5.41) is 87.0. The Morgan fingerprint density at radius 3 is 2.31 bits per heavy atom. The van der Waals surface area contributed by atoms with Crippen molar-refractivity contribution in [2.24, 2.45) is 86.8 Å². The Morgan fingerprint density at radius 2 is 1.56 bits per heavy atom. The van der Waals surface area contributed by atoms with Crippen LogP contribution in [0.3, 0.4) is 0 Å². The van der Waals surface area contributed by atoms with Gasteiger partial charge in [0.15, 0.2) is 0 Å². The fourth-order valence-corrected chi connectivity index (χ4v) is 23.5. The quantitative estimate of drug-likeness (QED) is 0.0841. The molecule has 77 heavy (non-hydrogen) atoms. The normalized spacial score (nSPS) is 48.5. The van der Waals surface area contributed by atoms with E-state index in [0.29, 0.717) is 62.7 Å². The smallest absolute Gasteiger partial charge is 0.331 e. The topological polar surface area (TPSA) is 177 Å². The third kappa shape index (κ3) is 6.86. The van der Waals surface area contributed by atoms with E-state index in [1.165, 1.54) is 18.4 Å². The minimum Gasteiger partial charge on any atom is -0.454 e. The van der Waals surface area contributed by atoms with Crippen molar-refractivity contribution < 1.29 is 45.0 Å². The van der Waals surface area contributed by atoms with Crippen molar-refractivity contribution >= 4 is 12.3 Å². The zero-order valence-electron chi connectivity index (χ0n) is 45.9. The minimum atomic E-state index is -2.24. The van der Waals surface area contributed by atoms with E-state index in [2.05, 4.69) is 60.5 Å². The zero-order valence-corrected chi connectivity index (χ0v) is 45.9. The van der Waals surface area contributed by atoms with Crippen molar-refractivity contribution in [2.75, 3.05) is 7.05 Å². The molecule has 0 aromatic heterocycles. The van der Waals surface area contributed by atoms with E-state index in [0.717, 1.165) is 106 Å². The standard InChI is InChI=1S/C67H87NO9/c1-39(40-11-6-7-12-40)43-17-20-52-59(72)62(27-22-45-29-44(18-19-51(45)62)41-13-4-3-5-14-41)37-64(38-70)55-23-28-63-36-61(24-8-9-25-61)26-21-42-15-10-16-46(35-69)48(42)32-54(68-2)49-30-47(57(63)50-33-56(71)77-58(49)50)34-65(63,74)67(55,76)60(73)53(31-43)66(52,64)75/h3-5,10,13-16,33,38-40,43-45,47,49,51-55,57-60,68-69,72-76H,6-9,11-12,17-20,22-25,27-32,34-37H2,1-2H3. The maximum Gasteiger partial charge on any atom is 0.331 e. The number of carbonyl (C=O) groups excluding carboxylic acids is 2. The lowest BCUT2D eigenvalue weighted by atomic mass is 9.32. The van der Waals surface area contributed by atoms with E-state index in [1.54, 1.807) is 6.08 Å². The van der Waals surface area contributed by atoms with Crippen LogP contribution >= 0.6 is 0 Å². The average Bonchev–Trinajstić information content (AvgIpc) is 4.46. The number of carbonyl (C=O) groups is 2. The number of benzene rings is 2. The van der Waals surface area contributed by atoms with Crippen LogP contribution in [0.25, 0.3) is 0 Å². The molecule has 12 aliphatic carbocycles. The first kappa shape index (κ1) is 51.7. The Kier molecular flexibility index (Phi) is 12.3. The zero-order chi connectivity index (χ0) is 53.1. The molecule has 21 unspecified atom stereocenters. The fourth-order valence-electron chi connectivity index (χ4n) is 23.5. The molecule has 10 fully saturated rings. The van der Waals surface area contributed by atoms with E-state index in [-0.39, 0.29) is 61.0 Å². The summed E-state index contributed by atoms with van der Waals surface area (Å²) in [6.07, 6.45) is 16.9. The van der Waals surface area contributed by atoms with E-state index in [4.69, 9.17) is 4.74 Å². The lowest BCUT2D eigenvalue weighted by Gasteiger charge is -2.75. The van der Waals surface area contributed by atoms with Gasteiger partial charge >= 0.3 is 5.97 Å². The van der Waals surface area contributed by atoms with Gasteiger partial charge in [0.05, 0.1) is 29.8 Å². The first-order valence-corrected chi connectivity index (χ1v) is 31.0. The van der Waals surface area contributed by atoms with Crippen LogP contribution in [0.1, 0.15) is 176 Å². The second-order valence-electron chi connectivity index (χ2n) is 28.7. The molecule has 2 aromatic carbocycles. The molecule has 7 N–H and O–H groups in total. The van der Waals surface area contributed by atoms with Gasteiger partial charge in [-0.15, -0.1) is 0 Å². The Hall–Kier alpha value is -3.40. The first-order valence-electron chi connectivity index (χ1n) is 31.0. The molecule has 1 heterocycles. The van der Waals surface area contributed by atoms with Crippen LogP contribution in [-0.2, 0) is 27.4 Å². The number of ether oxygens (including phenoxy) is 1. The lowest BCUT2D eigenvalue weighted by molar-refractivity contribution is -0.386. The van der Waals surface area contributed by atoms with Crippen LogP contribution in [0.2, 0.25) is 0 Å². The highest BCUT2D eigenvalue weighted by atomic mass is 16.5. The molecule has 21 atom stereocenters. The number of fused-ring (bicyclic) bond motifs is 6. The van der Waals surface area contributed by atoms with Crippen LogP contribution in [0.5, 0.6) is 0 Å². The highest BCUT2D eigenvalue weighted by Gasteiger charge is 2.87. The Labute approximate surface area is 457 Å². The number of likely N-dealkylation sites (N-methyl/N-ethyl adjacent to an activating group) is 1. The van der Waals surface area contributed by atoms with Gasteiger partial charge in [-0.25, -0.2) is 4.79 Å². The number of hydrogen-bond donors (Lipinski definition) is 7. The molecule has 0 radical (unpaired) electrons. The van der Waals surface area contributed by atoms with Crippen LogP contribution in [0.15, 0.2) is 60.2 Å². The Bertz CT molecular complexity index is 2760. The first-order chi connectivity index (χ1) is 37.1. The van der Waals surface area contributed by atoms with Gasteiger partial charge in [-0.1, -0.05) is 99.8 Å². The minimum absolute atomic E-state index is 0.0791. The van der Waals surface area contributed by atoms with Crippen molar-refractivity contribution in [3.05, 3.63) is 82.4 Å². The monoisotopic (exact) mass is 1050 g/mol. The third-order valence-corrected chi connectivity index (χ3v) is 26.5. The van der Waals surface area contributed by atoms with Crippen molar-refractivity contribution in [1.82, 2.24) is 5.32 Å². The summed E-state index contributed by atoms with van der Waals surface area (Å²) >= 11 is 0. The van der Waals surface area contributed by atoms with Gasteiger partial charge in [-0.3, -0.25) is 0 Å². The Morgan fingerprint density at radius 1 is 0.779 bits per heavy atom. The van der Waals surface area contributed by atoms with Crippen molar-refractivity contribution in [3.63, 3.8) is 0 Å². The van der Waals surface area contributed by atoms with Crippen LogP contribution in [0, 0.1) is 98.6 Å². The SMILES string of the molecule is CNC1Cc2c(cccc2CO)C#CC2(CCCC2)CC23CCC4C5(C=O)CC6(CCC7CC(c8ccccc8)CCC76)C(O)C6CCC(C(C)C7CCCC7)CC(C(O)C4(O)C2(O)CC2CC1C1OC(=O)C=C1C23)C65O. The van der Waals surface area contributed by atoms with E-state index < -0.39 is 80.5 Å². The summed E-state index contributed by atoms with van der Waals surface area (Å²) in [5.41, 5.74) is -5.05. The number of esters is 1. The summed E-state index contributed by atoms with van der Waals surface area (Å²) in [4.78, 5) is 29.5. The molecule has 4 bridgehead atoms. The molecule has 3 spiro atoms. The summed E-state index contributed by atoms with van der Waals surface area (Å²) in [6, 6.07) is 16.6. The van der Waals surface area contributed by atoms with Crippen molar-refractivity contribution in [3.8, 4) is 11.8 Å². The molecule has 0 amide bonds. The predicted octanol–water partition coefficient (Wildman–Crippen LogP) is 8.89. The summed E-state index contributed by atoms with van der Waals surface area (Å²) in [5.74, 6) is 5.51. The van der Waals surface area contributed by atoms with E-state index in [1.807, 2.05) is 19.2 Å². The fraction of sp³-hybridized carbons (Fsp3) is 0.731. The number of rotatable bonds is 6. The van der Waals surface area contributed by atoms with Gasteiger partial charge in [0, 0.05) is 57.6 Å². The number of aliphatic hydroxyl groups excluding tert-OH is 3. The van der Waals surface area contributed by atoms with Crippen molar-refractivity contribution in [2.45, 2.75) is 208 Å². The number of hydrogen-bond acceptors (Lipinski definition) is 10. The second kappa shape index (κ2) is 18.3. The highest BCUT2D eigenvalue weighted by Crippen LogP contribution is 2.81. The van der Waals surface area contributed by atoms with Gasteiger partial charge < -0.3 is 45.5 Å². The molecular formula is C67H87NO9. The molecule has 0 saturated heterocycles. The van der Waals surface area contributed by atoms with Crippen LogP contribution in [-0.4, -0.2) is 91.1 Å². The molecule has 1 aliphatic heterocycles. The third-order valence-electron chi connectivity index (χ3n) is 26.5. The van der Waals surface area contributed by atoms with Gasteiger partial charge in [0.2, 0.25) is 0 Å². The van der Waals surface area contributed by atoms with E-state index >= 15 is 15.0 Å². The van der Waals surface area contributed by atoms with Gasteiger partial charge in [0.25, 0.3) is 0 Å². The summed E-state index contributed by atoms with van der Waals surface area (Å²) < 4.78 is 6.47. The van der Waals surface area contributed by atoms with Gasteiger partial charge in [-0.05, 0) is 192 Å². The molecule has 10 heteroatoms. The molecule has 13 aliphatic rings. The van der Waals surface area contributed by atoms with E-state index in [9.17, 15) is 25.2 Å². The maximum absolute atomic E-state index is 15.5. The van der Waals surface area contributed by atoms with Gasteiger partial charge in [-0.2, -0.15) is 0 Å². The maximum atomic E-state index is 15.5. The number of nitrogens with one attached hydrogen (secondary N) is 1. The molecule has 15 rings (SSSR count). The van der Waals surface area contributed by atoms with Crippen LogP contribution in [0.4, 0.5) is 0 Å². The number of aldehydes is 1. The molecule has 414 valence electrons. The van der Waals surface area contributed by atoms with Crippen LogP contribution < -0.4 is 5.32 Å². The summed E-state index contributed by atoms with van der Waals surface area (Å²) in [7, 11) is 1.95.